The third-order valence-electron chi connectivity index (χ3n) is 2.75. The lowest BCUT2D eigenvalue weighted by atomic mass is 9.90. The zero-order chi connectivity index (χ0) is 9.84. The lowest BCUT2D eigenvalue weighted by Crippen LogP contribution is -2.50. The summed E-state index contributed by atoms with van der Waals surface area (Å²) >= 11 is 0. The number of carbonyl (C=O) groups excluding carboxylic acids is 1. The molecule has 1 heterocycles. The fourth-order valence-electron chi connectivity index (χ4n) is 2.09. The zero-order valence-electron chi connectivity index (χ0n) is 8.42. The normalized spacial score (nSPS) is 27.1. The number of nitrogens with zero attached hydrogens (tertiary/aromatic N) is 1. The van der Waals surface area contributed by atoms with E-state index in [1.54, 1.807) is 7.05 Å². The largest absolute Gasteiger partial charge is 0.368 e. The van der Waals surface area contributed by atoms with Crippen molar-refractivity contribution in [2.75, 3.05) is 27.2 Å². The fraction of sp³-hybridized carbons (Fsp3) is 0.889. The highest BCUT2D eigenvalue weighted by molar-refractivity contribution is 5.80. The van der Waals surface area contributed by atoms with E-state index in [1.165, 1.54) is 0 Å². The average Bonchev–Trinajstić information content (AvgIpc) is 2.04. The Morgan fingerprint density at radius 1 is 1.69 bits per heavy atom. The Morgan fingerprint density at radius 3 is 2.85 bits per heavy atom. The maximum Gasteiger partial charge on any atom is 0.234 e. The van der Waals surface area contributed by atoms with Crippen LogP contribution in [0.5, 0.6) is 0 Å². The number of likely N-dealkylation sites (N-methyl/N-ethyl adjacent to an activating group) is 1. The molecule has 2 unspecified atom stereocenters. The Balaban J connectivity index is 2.52. The molecule has 1 rings (SSSR count). The van der Waals surface area contributed by atoms with Gasteiger partial charge in [0, 0.05) is 6.54 Å². The molecule has 1 saturated heterocycles. The highest BCUT2D eigenvalue weighted by Gasteiger charge is 2.28. The molecule has 0 aromatic carbocycles. The number of nitrogens with two attached hydrogens (primary N) is 1. The summed E-state index contributed by atoms with van der Waals surface area (Å²) in [6, 6.07) is -0.164. The minimum absolute atomic E-state index is 0.164. The van der Waals surface area contributed by atoms with Crippen LogP contribution in [-0.2, 0) is 4.79 Å². The first kappa shape index (κ1) is 10.5. The summed E-state index contributed by atoms with van der Waals surface area (Å²) < 4.78 is 0. The first-order chi connectivity index (χ1) is 6.15. The van der Waals surface area contributed by atoms with Gasteiger partial charge in [-0.25, -0.2) is 0 Å². The van der Waals surface area contributed by atoms with E-state index in [1.807, 2.05) is 0 Å². The molecule has 1 aliphatic rings. The van der Waals surface area contributed by atoms with Gasteiger partial charge in [0.05, 0.1) is 6.04 Å². The van der Waals surface area contributed by atoms with Gasteiger partial charge in [0.2, 0.25) is 5.91 Å². The maximum absolute atomic E-state index is 11.1. The van der Waals surface area contributed by atoms with E-state index in [-0.39, 0.29) is 11.9 Å². The highest BCUT2D eigenvalue weighted by Crippen LogP contribution is 2.18. The van der Waals surface area contributed by atoms with Gasteiger partial charge in [-0.05, 0) is 39.4 Å². The van der Waals surface area contributed by atoms with Gasteiger partial charge in [-0.15, -0.1) is 0 Å². The molecule has 1 aliphatic heterocycles. The number of carbonyl (C=O) groups is 1. The Labute approximate surface area is 79.5 Å². The van der Waals surface area contributed by atoms with E-state index < -0.39 is 0 Å². The van der Waals surface area contributed by atoms with Gasteiger partial charge < -0.3 is 16.0 Å². The summed E-state index contributed by atoms with van der Waals surface area (Å²) in [6.07, 6.45) is 2.26. The number of amides is 1. The lowest BCUT2D eigenvalue weighted by molar-refractivity contribution is -0.121. The molecule has 0 aliphatic carbocycles. The molecule has 2 atom stereocenters. The predicted octanol–water partition coefficient (Wildman–Crippen LogP) is -0.598. The van der Waals surface area contributed by atoms with Gasteiger partial charge in [0.25, 0.3) is 0 Å². The monoisotopic (exact) mass is 185 g/mol. The van der Waals surface area contributed by atoms with Gasteiger partial charge in [0.15, 0.2) is 0 Å². The summed E-state index contributed by atoms with van der Waals surface area (Å²) in [7, 11) is 3.88. The standard InChI is InChI=1S/C9H19N3O/c1-11-8(9(10)13)7-4-3-5-12(2)6-7/h7-8,11H,3-6H2,1-2H3,(H2,10,13). The Hall–Kier alpha value is -0.610. The van der Waals surface area contributed by atoms with Crippen molar-refractivity contribution in [3.05, 3.63) is 0 Å². The SMILES string of the molecule is CNC(C(N)=O)C1CCCN(C)C1. The molecule has 3 N–H and O–H groups in total. The third kappa shape index (κ3) is 2.67. The quantitative estimate of drug-likeness (QED) is 0.617. The number of primary amides is 1. The first-order valence-corrected chi connectivity index (χ1v) is 4.80. The molecule has 0 bridgehead atoms. The van der Waals surface area contributed by atoms with Crippen LogP contribution in [0.2, 0.25) is 0 Å². The summed E-state index contributed by atoms with van der Waals surface area (Å²) in [5.74, 6) is 0.143. The van der Waals surface area contributed by atoms with E-state index >= 15 is 0 Å². The van der Waals surface area contributed by atoms with E-state index in [9.17, 15) is 4.79 Å². The predicted molar refractivity (Wildman–Crippen MR) is 52.3 cm³/mol. The van der Waals surface area contributed by atoms with Crippen LogP contribution in [0.4, 0.5) is 0 Å². The van der Waals surface area contributed by atoms with Gasteiger partial charge in [0.1, 0.15) is 0 Å². The zero-order valence-corrected chi connectivity index (χ0v) is 8.42. The van der Waals surface area contributed by atoms with Crippen LogP contribution >= 0.6 is 0 Å². The van der Waals surface area contributed by atoms with Crippen molar-refractivity contribution in [2.45, 2.75) is 18.9 Å². The molecule has 0 radical (unpaired) electrons. The second-order valence-electron chi connectivity index (χ2n) is 3.83. The van der Waals surface area contributed by atoms with Crippen molar-refractivity contribution < 1.29 is 4.79 Å². The van der Waals surface area contributed by atoms with E-state index in [2.05, 4.69) is 17.3 Å². The van der Waals surface area contributed by atoms with Crippen molar-refractivity contribution >= 4 is 5.91 Å². The van der Waals surface area contributed by atoms with Crippen molar-refractivity contribution in [3.8, 4) is 0 Å². The van der Waals surface area contributed by atoms with Gasteiger partial charge in [-0.1, -0.05) is 0 Å². The van der Waals surface area contributed by atoms with Gasteiger partial charge in [-0.3, -0.25) is 4.79 Å². The van der Waals surface area contributed by atoms with E-state index in [4.69, 9.17) is 5.73 Å². The topological polar surface area (TPSA) is 58.4 Å². The van der Waals surface area contributed by atoms with Crippen LogP contribution in [0.25, 0.3) is 0 Å². The van der Waals surface area contributed by atoms with Crippen molar-refractivity contribution in [1.82, 2.24) is 10.2 Å². The Kier molecular flexibility index (Phi) is 3.69. The summed E-state index contributed by atoms with van der Waals surface area (Å²) in [6.45, 7) is 2.10. The maximum atomic E-state index is 11.1. The number of hydrogen-bond acceptors (Lipinski definition) is 3. The summed E-state index contributed by atoms with van der Waals surface area (Å²) in [4.78, 5) is 13.3. The first-order valence-electron chi connectivity index (χ1n) is 4.80. The molecule has 0 aromatic heterocycles. The number of likely N-dealkylation sites (tertiary alicyclic amines) is 1. The van der Waals surface area contributed by atoms with Gasteiger partial charge >= 0.3 is 0 Å². The average molecular weight is 185 g/mol. The molecule has 76 valence electrons. The second kappa shape index (κ2) is 4.58. The summed E-state index contributed by atoms with van der Waals surface area (Å²) in [5.41, 5.74) is 5.30. The van der Waals surface area contributed by atoms with Crippen LogP contribution in [0.3, 0.4) is 0 Å². The molecule has 1 fully saturated rings. The van der Waals surface area contributed by atoms with Crippen molar-refractivity contribution in [1.29, 1.82) is 0 Å². The number of nitrogens with one attached hydrogen (secondary N) is 1. The van der Waals surface area contributed by atoms with Gasteiger partial charge in [-0.2, -0.15) is 0 Å². The number of hydrogen-bond donors (Lipinski definition) is 2. The van der Waals surface area contributed by atoms with Crippen LogP contribution in [-0.4, -0.2) is 44.0 Å². The van der Waals surface area contributed by atoms with E-state index in [0.717, 1.165) is 25.9 Å². The lowest BCUT2D eigenvalue weighted by Gasteiger charge is -2.33. The third-order valence-corrected chi connectivity index (χ3v) is 2.75. The molecule has 1 amide bonds. The van der Waals surface area contributed by atoms with Crippen LogP contribution in [0.15, 0.2) is 0 Å². The second-order valence-corrected chi connectivity index (χ2v) is 3.83. The molecule has 0 saturated carbocycles. The molecule has 0 aromatic rings. The Morgan fingerprint density at radius 2 is 2.38 bits per heavy atom. The highest BCUT2D eigenvalue weighted by atomic mass is 16.1. The molecular formula is C9H19N3O. The smallest absolute Gasteiger partial charge is 0.234 e. The van der Waals surface area contributed by atoms with Crippen LogP contribution in [0, 0.1) is 5.92 Å². The van der Waals surface area contributed by atoms with E-state index in [0.29, 0.717) is 5.92 Å². The van der Waals surface area contributed by atoms with Crippen LogP contribution in [0.1, 0.15) is 12.8 Å². The van der Waals surface area contributed by atoms with Crippen molar-refractivity contribution in [2.24, 2.45) is 11.7 Å². The molecular weight excluding hydrogens is 166 g/mol. The molecule has 13 heavy (non-hydrogen) atoms. The number of rotatable bonds is 3. The van der Waals surface area contributed by atoms with Crippen LogP contribution < -0.4 is 11.1 Å². The molecule has 4 nitrogen and oxygen atoms in total. The summed E-state index contributed by atoms with van der Waals surface area (Å²) in [5, 5.41) is 2.99. The minimum Gasteiger partial charge on any atom is -0.368 e. The van der Waals surface area contributed by atoms with Crippen molar-refractivity contribution in [3.63, 3.8) is 0 Å². The fourth-order valence-corrected chi connectivity index (χ4v) is 2.09. The molecule has 0 spiro atoms. The Bertz CT molecular complexity index is 184. The number of piperidine rings is 1. The minimum atomic E-state index is -0.234. The molecule has 4 heteroatoms.